The molecule has 0 unspecified atom stereocenters. The Labute approximate surface area is 103 Å². The van der Waals surface area contributed by atoms with E-state index in [1.165, 1.54) is 18.2 Å². The molecule has 0 aliphatic heterocycles. The molecular formula is C12H12N2O4. The van der Waals surface area contributed by atoms with Crippen molar-refractivity contribution < 1.29 is 19.5 Å². The maximum absolute atomic E-state index is 11.9. The summed E-state index contributed by atoms with van der Waals surface area (Å²) in [5.41, 5.74) is 1.34. The Morgan fingerprint density at radius 3 is 2.67 bits per heavy atom. The number of carbonyl (C=O) groups excluding carboxylic acids is 1. The molecular weight excluding hydrogens is 236 g/mol. The van der Waals surface area contributed by atoms with Gasteiger partial charge in [-0.25, -0.2) is 0 Å². The number of phenols is 2. The zero-order valence-corrected chi connectivity index (χ0v) is 9.89. The van der Waals surface area contributed by atoms with Crippen LogP contribution in [0, 0.1) is 13.8 Å². The van der Waals surface area contributed by atoms with Crippen LogP contribution in [0.2, 0.25) is 0 Å². The van der Waals surface area contributed by atoms with Gasteiger partial charge in [-0.3, -0.25) is 10.1 Å². The summed E-state index contributed by atoms with van der Waals surface area (Å²) in [4.78, 5) is 11.9. The van der Waals surface area contributed by atoms with Crippen molar-refractivity contribution in [3.05, 3.63) is 35.0 Å². The summed E-state index contributed by atoms with van der Waals surface area (Å²) in [5.74, 6) is -0.689. The van der Waals surface area contributed by atoms with E-state index in [0.29, 0.717) is 11.3 Å². The highest BCUT2D eigenvalue weighted by molar-refractivity contribution is 6.06. The topological polar surface area (TPSA) is 95.6 Å². The van der Waals surface area contributed by atoms with E-state index in [9.17, 15) is 15.0 Å². The molecule has 1 aromatic carbocycles. The minimum Gasteiger partial charge on any atom is -0.508 e. The van der Waals surface area contributed by atoms with Gasteiger partial charge < -0.3 is 14.7 Å². The van der Waals surface area contributed by atoms with E-state index in [4.69, 9.17) is 4.52 Å². The van der Waals surface area contributed by atoms with Crippen LogP contribution in [0.15, 0.2) is 22.7 Å². The monoisotopic (exact) mass is 248 g/mol. The molecule has 0 saturated heterocycles. The second-order valence-electron chi connectivity index (χ2n) is 3.88. The molecule has 2 rings (SSSR count). The molecule has 6 nitrogen and oxygen atoms in total. The molecule has 1 heterocycles. The van der Waals surface area contributed by atoms with E-state index in [2.05, 4.69) is 10.5 Å². The van der Waals surface area contributed by atoms with Crippen molar-refractivity contribution >= 4 is 11.8 Å². The van der Waals surface area contributed by atoms with Crippen molar-refractivity contribution in [3.8, 4) is 11.5 Å². The fraction of sp³-hybridized carbons (Fsp3) is 0.167. The van der Waals surface area contributed by atoms with Gasteiger partial charge in [0, 0.05) is 5.56 Å². The van der Waals surface area contributed by atoms with E-state index >= 15 is 0 Å². The number of benzene rings is 1. The van der Waals surface area contributed by atoms with Gasteiger partial charge in [0.1, 0.15) is 11.5 Å². The first-order chi connectivity index (χ1) is 8.49. The minimum absolute atomic E-state index is 0.0385. The standard InChI is InChI=1S/C12H12N2O4/c1-6-7(2)14-18-12(6)13-11(17)9-5-8(15)3-4-10(9)16/h3-5,15-16H,1-2H3,(H,13,17). The summed E-state index contributed by atoms with van der Waals surface area (Å²) in [6, 6.07) is 3.70. The van der Waals surface area contributed by atoms with Gasteiger partial charge in [-0.15, -0.1) is 0 Å². The lowest BCUT2D eigenvalue weighted by Gasteiger charge is -2.05. The second kappa shape index (κ2) is 4.40. The number of aromatic hydroxyl groups is 2. The van der Waals surface area contributed by atoms with Gasteiger partial charge in [0.2, 0.25) is 5.88 Å². The maximum Gasteiger partial charge on any atom is 0.261 e. The fourth-order valence-corrected chi connectivity index (χ4v) is 1.41. The quantitative estimate of drug-likeness (QED) is 0.706. The Kier molecular flexibility index (Phi) is 2.93. The van der Waals surface area contributed by atoms with E-state index in [1.54, 1.807) is 13.8 Å². The summed E-state index contributed by atoms with van der Waals surface area (Å²) in [6.45, 7) is 3.50. The number of amides is 1. The van der Waals surface area contributed by atoms with Gasteiger partial charge in [-0.2, -0.15) is 0 Å². The molecule has 0 aliphatic carbocycles. The Balaban J connectivity index is 2.27. The third-order valence-electron chi connectivity index (χ3n) is 2.61. The molecule has 0 bridgehead atoms. The van der Waals surface area contributed by atoms with E-state index in [0.717, 1.165) is 0 Å². The summed E-state index contributed by atoms with van der Waals surface area (Å²) in [5, 5.41) is 25.0. The molecule has 18 heavy (non-hydrogen) atoms. The molecule has 0 fully saturated rings. The molecule has 0 aliphatic rings. The molecule has 2 aromatic rings. The van der Waals surface area contributed by atoms with Gasteiger partial charge in [0.05, 0.1) is 11.3 Å². The maximum atomic E-state index is 11.9. The molecule has 0 radical (unpaired) electrons. The summed E-state index contributed by atoms with van der Waals surface area (Å²) in [7, 11) is 0. The van der Waals surface area contributed by atoms with Gasteiger partial charge in [0.25, 0.3) is 5.91 Å². The minimum atomic E-state index is -0.581. The highest BCUT2D eigenvalue weighted by Crippen LogP contribution is 2.24. The number of nitrogens with one attached hydrogen (secondary N) is 1. The summed E-state index contributed by atoms with van der Waals surface area (Å²) in [6.07, 6.45) is 0. The third kappa shape index (κ3) is 2.13. The number of rotatable bonds is 2. The van der Waals surface area contributed by atoms with Crippen molar-refractivity contribution in [1.82, 2.24) is 5.16 Å². The van der Waals surface area contributed by atoms with Gasteiger partial charge in [-0.1, -0.05) is 5.16 Å². The lowest BCUT2D eigenvalue weighted by molar-refractivity contribution is 0.102. The van der Waals surface area contributed by atoms with Crippen LogP contribution >= 0.6 is 0 Å². The number of phenolic OH excluding ortho intramolecular Hbond substituents is 2. The predicted molar refractivity (Wildman–Crippen MR) is 63.7 cm³/mol. The Morgan fingerprint density at radius 1 is 1.33 bits per heavy atom. The molecule has 6 heteroatoms. The molecule has 1 aromatic heterocycles. The summed E-state index contributed by atoms with van der Waals surface area (Å²) < 4.78 is 4.93. The zero-order valence-electron chi connectivity index (χ0n) is 9.89. The van der Waals surface area contributed by atoms with E-state index in [-0.39, 0.29) is 22.9 Å². The van der Waals surface area contributed by atoms with Crippen LogP contribution in [-0.2, 0) is 0 Å². The van der Waals surface area contributed by atoms with Crippen LogP contribution in [0.1, 0.15) is 21.6 Å². The molecule has 3 N–H and O–H groups in total. The molecule has 1 amide bonds. The van der Waals surface area contributed by atoms with Crippen molar-refractivity contribution in [1.29, 1.82) is 0 Å². The average molecular weight is 248 g/mol. The smallest absolute Gasteiger partial charge is 0.261 e. The number of nitrogens with zero attached hydrogens (tertiary/aromatic N) is 1. The predicted octanol–water partition coefficient (Wildman–Crippen LogP) is 1.95. The lowest BCUT2D eigenvalue weighted by atomic mass is 10.1. The third-order valence-corrected chi connectivity index (χ3v) is 2.61. The Morgan fingerprint density at radius 2 is 2.06 bits per heavy atom. The van der Waals surface area contributed by atoms with Crippen molar-refractivity contribution in [3.63, 3.8) is 0 Å². The highest BCUT2D eigenvalue weighted by Gasteiger charge is 2.16. The van der Waals surface area contributed by atoms with Crippen LogP contribution < -0.4 is 5.32 Å². The second-order valence-corrected chi connectivity index (χ2v) is 3.88. The first kappa shape index (κ1) is 12.0. The van der Waals surface area contributed by atoms with Crippen molar-refractivity contribution in [2.45, 2.75) is 13.8 Å². The molecule has 94 valence electrons. The summed E-state index contributed by atoms with van der Waals surface area (Å²) >= 11 is 0. The number of carbonyl (C=O) groups is 1. The first-order valence-electron chi connectivity index (χ1n) is 5.25. The van der Waals surface area contributed by atoms with E-state index < -0.39 is 5.91 Å². The lowest BCUT2D eigenvalue weighted by Crippen LogP contribution is -2.12. The van der Waals surface area contributed by atoms with Crippen LogP contribution in [-0.4, -0.2) is 21.3 Å². The number of anilines is 1. The van der Waals surface area contributed by atoms with Crippen LogP contribution in [0.5, 0.6) is 11.5 Å². The Bertz CT molecular complexity index is 604. The zero-order chi connectivity index (χ0) is 13.3. The molecule has 0 saturated carbocycles. The largest absolute Gasteiger partial charge is 0.508 e. The molecule has 0 spiro atoms. The van der Waals surface area contributed by atoms with Crippen LogP contribution in [0.25, 0.3) is 0 Å². The Hall–Kier alpha value is -2.50. The van der Waals surface area contributed by atoms with Crippen LogP contribution in [0.3, 0.4) is 0 Å². The average Bonchev–Trinajstić information content (AvgIpc) is 2.64. The van der Waals surface area contributed by atoms with Gasteiger partial charge >= 0.3 is 0 Å². The van der Waals surface area contributed by atoms with Gasteiger partial charge in [-0.05, 0) is 32.0 Å². The molecule has 0 atom stereocenters. The SMILES string of the molecule is Cc1noc(NC(=O)c2cc(O)ccc2O)c1C. The normalized spacial score (nSPS) is 10.3. The number of hydrogen-bond donors (Lipinski definition) is 3. The van der Waals surface area contributed by atoms with Crippen molar-refractivity contribution in [2.75, 3.05) is 5.32 Å². The first-order valence-corrected chi connectivity index (χ1v) is 5.25. The highest BCUT2D eigenvalue weighted by atomic mass is 16.5. The van der Waals surface area contributed by atoms with Gasteiger partial charge in [0.15, 0.2) is 0 Å². The number of hydrogen-bond acceptors (Lipinski definition) is 5. The fourth-order valence-electron chi connectivity index (χ4n) is 1.41. The number of aromatic nitrogens is 1. The number of aryl methyl sites for hydroxylation is 1. The van der Waals surface area contributed by atoms with Crippen molar-refractivity contribution in [2.24, 2.45) is 0 Å². The van der Waals surface area contributed by atoms with E-state index in [1.807, 2.05) is 0 Å². The van der Waals surface area contributed by atoms with Crippen LogP contribution in [0.4, 0.5) is 5.88 Å².